The number of nitrogens with zero attached hydrogens (tertiary/aromatic N) is 3. The van der Waals surface area contributed by atoms with E-state index in [0.717, 1.165) is 23.9 Å². The molecule has 2 rings (SSSR count). The van der Waals surface area contributed by atoms with Crippen LogP contribution in [0.4, 0.5) is 5.69 Å². The van der Waals surface area contributed by atoms with Crippen LogP contribution in [0.15, 0.2) is 24.4 Å². The van der Waals surface area contributed by atoms with Gasteiger partial charge in [-0.15, -0.1) is 0 Å². The summed E-state index contributed by atoms with van der Waals surface area (Å²) in [6, 6.07) is 3.76. The van der Waals surface area contributed by atoms with E-state index in [0.29, 0.717) is 6.54 Å². The van der Waals surface area contributed by atoms with E-state index in [4.69, 9.17) is 11.6 Å². The molecule has 1 aromatic heterocycles. The molecular formula is C14H15ClN4O3. The van der Waals surface area contributed by atoms with Crippen LogP contribution in [0.25, 0.3) is 0 Å². The molecule has 0 aliphatic heterocycles. The molecule has 7 nitrogen and oxygen atoms in total. The molecule has 0 saturated heterocycles. The minimum Gasteiger partial charge on any atom is -0.348 e. The van der Waals surface area contributed by atoms with Gasteiger partial charge in [0.1, 0.15) is 0 Å². The predicted octanol–water partition coefficient (Wildman–Crippen LogP) is 2.70. The van der Waals surface area contributed by atoms with Gasteiger partial charge in [-0.2, -0.15) is 5.10 Å². The Morgan fingerprint density at radius 3 is 2.77 bits per heavy atom. The van der Waals surface area contributed by atoms with E-state index in [1.54, 1.807) is 6.20 Å². The summed E-state index contributed by atoms with van der Waals surface area (Å²) in [5, 5.41) is 17.6. The molecule has 1 N–H and O–H groups in total. The molecule has 0 unspecified atom stereocenters. The highest BCUT2D eigenvalue weighted by atomic mass is 35.5. The molecule has 1 aromatic carbocycles. The van der Waals surface area contributed by atoms with Crippen molar-refractivity contribution in [2.24, 2.45) is 0 Å². The van der Waals surface area contributed by atoms with Gasteiger partial charge in [-0.25, -0.2) is 0 Å². The van der Waals surface area contributed by atoms with Gasteiger partial charge in [-0.3, -0.25) is 19.6 Å². The van der Waals surface area contributed by atoms with Gasteiger partial charge in [0, 0.05) is 36.5 Å². The Kier molecular flexibility index (Phi) is 4.77. The number of hydrogen-bond acceptors (Lipinski definition) is 4. The summed E-state index contributed by atoms with van der Waals surface area (Å²) >= 11 is 5.93. The monoisotopic (exact) mass is 322 g/mol. The maximum absolute atomic E-state index is 12.1. The summed E-state index contributed by atoms with van der Waals surface area (Å²) in [7, 11) is 0. The first kappa shape index (κ1) is 16.0. The molecule has 22 heavy (non-hydrogen) atoms. The minimum absolute atomic E-state index is 0.0488. The predicted molar refractivity (Wildman–Crippen MR) is 81.9 cm³/mol. The Hall–Kier alpha value is -2.41. The highest BCUT2D eigenvalue weighted by Gasteiger charge is 2.15. The van der Waals surface area contributed by atoms with Crippen molar-refractivity contribution in [2.45, 2.75) is 26.9 Å². The van der Waals surface area contributed by atoms with Gasteiger partial charge in [-0.1, -0.05) is 11.6 Å². The molecule has 0 spiro atoms. The lowest BCUT2D eigenvalue weighted by atomic mass is 10.2. The van der Waals surface area contributed by atoms with Crippen LogP contribution < -0.4 is 5.32 Å². The summed E-state index contributed by atoms with van der Waals surface area (Å²) in [5.41, 5.74) is 1.94. The third kappa shape index (κ3) is 3.25. The lowest BCUT2D eigenvalue weighted by molar-refractivity contribution is -0.384. The van der Waals surface area contributed by atoms with E-state index < -0.39 is 4.92 Å². The summed E-state index contributed by atoms with van der Waals surface area (Å²) in [4.78, 5) is 22.2. The van der Waals surface area contributed by atoms with Crippen molar-refractivity contribution in [2.75, 3.05) is 0 Å². The average Bonchev–Trinajstić information content (AvgIpc) is 2.84. The number of nitro groups is 1. The van der Waals surface area contributed by atoms with Crippen molar-refractivity contribution in [3.05, 3.63) is 56.4 Å². The van der Waals surface area contributed by atoms with E-state index in [1.807, 2.05) is 18.5 Å². The summed E-state index contributed by atoms with van der Waals surface area (Å²) in [5.74, 6) is -0.386. The number of benzene rings is 1. The Morgan fingerprint density at radius 2 is 2.23 bits per heavy atom. The molecule has 0 aliphatic rings. The van der Waals surface area contributed by atoms with Crippen LogP contribution in [0.2, 0.25) is 5.02 Å². The van der Waals surface area contributed by atoms with E-state index >= 15 is 0 Å². The number of nitro benzene ring substituents is 1. The van der Waals surface area contributed by atoms with Crippen LogP contribution in [0.3, 0.4) is 0 Å². The highest BCUT2D eigenvalue weighted by Crippen LogP contribution is 2.22. The normalized spacial score (nSPS) is 10.5. The van der Waals surface area contributed by atoms with Crippen LogP contribution in [0.1, 0.15) is 28.5 Å². The van der Waals surface area contributed by atoms with Crippen molar-refractivity contribution in [1.82, 2.24) is 15.1 Å². The Morgan fingerprint density at radius 1 is 1.50 bits per heavy atom. The van der Waals surface area contributed by atoms with Crippen LogP contribution in [-0.4, -0.2) is 20.6 Å². The van der Waals surface area contributed by atoms with E-state index in [2.05, 4.69) is 10.4 Å². The topological polar surface area (TPSA) is 90.1 Å². The number of nitrogens with one attached hydrogen (secondary N) is 1. The second-order valence-corrected chi connectivity index (χ2v) is 5.08. The third-order valence-electron chi connectivity index (χ3n) is 3.35. The maximum atomic E-state index is 12.1. The third-order valence-corrected chi connectivity index (χ3v) is 3.66. The SMILES string of the molecule is CCn1ncc(CNC(=O)c2ccc([N+](=O)[O-])cc2Cl)c1C. The molecule has 116 valence electrons. The molecule has 0 radical (unpaired) electrons. The van der Waals surface area contributed by atoms with Crippen LogP contribution in [0.5, 0.6) is 0 Å². The fourth-order valence-corrected chi connectivity index (χ4v) is 2.31. The van der Waals surface area contributed by atoms with Gasteiger partial charge in [0.25, 0.3) is 11.6 Å². The number of aryl methyl sites for hydroxylation is 1. The van der Waals surface area contributed by atoms with Gasteiger partial charge in [-0.05, 0) is 19.9 Å². The molecule has 2 aromatic rings. The highest BCUT2D eigenvalue weighted by molar-refractivity contribution is 6.34. The van der Waals surface area contributed by atoms with Gasteiger partial charge < -0.3 is 5.32 Å². The number of aromatic nitrogens is 2. The van der Waals surface area contributed by atoms with Gasteiger partial charge in [0.2, 0.25) is 0 Å². The average molecular weight is 323 g/mol. The quantitative estimate of drug-likeness (QED) is 0.677. The smallest absolute Gasteiger partial charge is 0.270 e. The van der Waals surface area contributed by atoms with Gasteiger partial charge in [0.15, 0.2) is 0 Å². The minimum atomic E-state index is -0.559. The second-order valence-electron chi connectivity index (χ2n) is 4.67. The number of amides is 1. The van der Waals surface area contributed by atoms with Gasteiger partial charge in [0.05, 0.1) is 21.7 Å². The van der Waals surface area contributed by atoms with Crippen LogP contribution in [-0.2, 0) is 13.1 Å². The fourth-order valence-electron chi connectivity index (χ4n) is 2.05. The van der Waals surface area contributed by atoms with Crippen molar-refractivity contribution in [3.8, 4) is 0 Å². The molecule has 0 atom stereocenters. The lowest BCUT2D eigenvalue weighted by Crippen LogP contribution is -2.23. The summed E-state index contributed by atoms with van der Waals surface area (Å²) < 4.78 is 1.83. The summed E-state index contributed by atoms with van der Waals surface area (Å²) in [6.45, 7) is 4.99. The largest absolute Gasteiger partial charge is 0.348 e. The molecule has 1 amide bonds. The van der Waals surface area contributed by atoms with Crippen molar-refractivity contribution in [3.63, 3.8) is 0 Å². The van der Waals surface area contributed by atoms with Crippen LogP contribution >= 0.6 is 11.6 Å². The Labute approximate surface area is 132 Å². The number of halogens is 1. The number of non-ortho nitro benzene ring substituents is 1. The number of carbonyl (C=O) groups is 1. The standard InChI is InChI=1S/C14H15ClN4O3/c1-3-18-9(2)10(8-17-18)7-16-14(20)12-5-4-11(19(21)22)6-13(12)15/h4-6,8H,3,7H2,1-2H3,(H,16,20). The Bertz CT molecular complexity index is 727. The first-order chi connectivity index (χ1) is 10.4. The molecule has 0 bridgehead atoms. The fraction of sp³-hybridized carbons (Fsp3) is 0.286. The first-order valence-electron chi connectivity index (χ1n) is 6.67. The molecule has 8 heteroatoms. The number of carbonyl (C=O) groups excluding carboxylic acids is 1. The molecule has 1 heterocycles. The molecule has 0 fully saturated rings. The first-order valence-corrected chi connectivity index (χ1v) is 7.05. The number of hydrogen-bond donors (Lipinski definition) is 1. The zero-order chi connectivity index (χ0) is 16.3. The zero-order valence-electron chi connectivity index (χ0n) is 12.2. The van der Waals surface area contributed by atoms with Crippen LogP contribution in [0, 0.1) is 17.0 Å². The molecule has 0 saturated carbocycles. The van der Waals surface area contributed by atoms with E-state index in [-0.39, 0.29) is 22.2 Å². The maximum Gasteiger partial charge on any atom is 0.270 e. The number of rotatable bonds is 5. The van der Waals surface area contributed by atoms with Gasteiger partial charge >= 0.3 is 0 Å². The molecule has 0 aliphatic carbocycles. The summed E-state index contributed by atoms with van der Waals surface area (Å²) in [6.07, 6.45) is 1.70. The lowest BCUT2D eigenvalue weighted by Gasteiger charge is -2.07. The Balaban J connectivity index is 2.09. The van der Waals surface area contributed by atoms with Crippen molar-refractivity contribution < 1.29 is 9.72 Å². The zero-order valence-corrected chi connectivity index (χ0v) is 12.9. The van der Waals surface area contributed by atoms with E-state index in [9.17, 15) is 14.9 Å². The van der Waals surface area contributed by atoms with E-state index in [1.165, 1.54) is 12.1 Å². The molecular weight excluding hydrogens is 308 g/mol. The second kappa shape index (κ2) is 6.57. The van der Waals surface area contributed by atoms with Crippen molar-refractivity contribution in [1.29, 1.82) is 0 Å². The van der Waals surface area contributed by atoms with Crippen molar-refractivity contribution >= 4 is 23.2 Å².